The predicted octanol–water partition coefficient (Wildman–Crippen LogP) is 9.05. The van der Waals surface area contributed by atoms with Gasteiger partial charge in [0.15, 0.2) is 23.7 Å². The Hall–Kier alpha value is -5.67. The molecule has 0 atom stereocenters. The van der Waals surface area contributed by atoms with Crippen LogP contribution in [0.1, 0.15) is 43.0 Å². The first-order chi connectivity index (χ1) is 22.1. The van der Waals surface area contributed by atoms with Gasteiger partial charge in [-0.2, -0.15) is 5.26 Å². The first-order valence-corrected chi connectivity index (χ1v) is 15.4. The summed E-state index contributed by atoms with van der Waals surface area (Å²) in [6.07, 6.45) is 2.11. The van der Waals surface area contributed by atoms with E-state index in [-0.39, 0.29) is 5.41 Å². The maximum absolute atomic E-state index is 10.4. The third-order valence-electron chi connectivity index (χ3n) is 8.58. The number of aryl methyl sites for hydroxylation is 3. The fourth-order valence-electron chi connectivity index (χ4n) is 6.09. The predicted molar refractivity (Wildman–Crippen MR) is 183 cm³/mol. The van der Waals surface area contributed by atoms with Crippen molar-refractivity contribution in [1.29, 1.82) is 5.26 Å². The highest BCUT2D eigenvalue weighted by Crippen LogP contribution is 2.41. The Morgan fingerprint density at radius 2 is 1.28 bits per heavy atom. The van der Waals surface area contributed by atoms with Gasteiger partial charge >= 0.3 is 0 Å². The molecule has 0 N–H and O–H groups in total. The van der Waals surface area contributed by atoms with Gasteiger partial charge in [0.05, 0.1) is 16.7 Å². The molecule has 0 saturated heterocycles. The van der Waals surface area contributed by atoms with E-state index < -0.39 is 0 Å². The zero-order chi connectivity index (χ0) is 32.2. The van der Waals surface area contributed by atoms with Crippen LogP contribution in [0.25, 0.3) is 67.4 Å². The quantitative estimate of drug-likeness (QED) is 0.188. The number of hydrogen-bond donors (Lipinski definition) is 0. The average Bonchev–Trinajstić information content (AvgIpc) is 3.43. The molecule has 7 aromatic rings. The summed E-state index contributed by atoms with van der Waals surface area (Å²) in [5.41, 5.74) is 9.64. The van der Waals surface area contributed by atoms with E-state index in [9.17, 15) is 5.26 Å². The molecule has 0 saturated carbocycles. The lowest BCUT2D eigenvalue weighted by Crippen LogP contribution is -2.31. The van der Waals surface area contributed by atoms with Gasteiger partial charge in [-0.15, -0.1) is 0 Å². The molecule has 4 aromatic carbocycles. The zero-order valence-electron chi connectivity index (χ0n) is 26.9. The topological polar surface area (TPSA) is 79.5 Å². The molecule has 0 radical (unpaired) electrons. The monoisotopic (exact) mass is 600 g/mol. The van der Waals surface area contributed by atoms with Crippen LogP contribution in [0.4, 0.5) is 0 Å². The van der Waals surface area contributed by atoms with Crippen molar-refractivity contribution in [1.82, 2.24) is 15.0 Å². The summed E-state index contributed by atoms with van der Waals surface area (Å²) in [5.74, 6) is 1.45. The van der Waals surface area contributed by atoms with Crippen molar-refractivity contribution in [2.75, 3.05) is 0 Å². The number of fused-ring (bicyclic) bond motifs is 3. The summed E-state index contributed by atoms with van der Waals surface area (Å²) >= 11 is 0. The zero-order valence-corrected chi connectivity index (χ0v) is 26.9. The number of pyridine rings is 1. The van der Waals surface area contributed by atoms with Gasteiger partial charge in [0.2, 0.25) is 5.69 Å². The first-order valence-electron chi connectivity index (χ1n) is 15.4. The van der Waals surface area contributed by atoms with Crippen molar-refractivity contribution in [2.24, 2.45) is 7.05 Å². The maximum atomic E-state index is 10.4. The molecule has 0 aliphatic rings. The Morgan fingerprint density at radius 3 is 1.91 bits per heavy atom. The van der Waals surface area contributed by atoms with Crippen LogP contribution in [-0.2, 0) is 12.5 Å². The Bertz CT molecular complexity index is 2320. The van der Waals surface area contributed by atoms with E-state index in [0.29, 0.717) is 34.2 Å². The van der Waals surface area contributed by atoms with Crippen LogP contribution in [0.3, 0.4) is 0 Å². The van der Waals surface area contributed by atoms with Crippen molar-refractivity contribution < 1.29 is 8.98 Å². The lowest BCUT2D eigenvalue weighted by atomic mass is 9.87. The summed E-state index contributed by atoms with van der Waals surface area (Å²) in [4.78, 5) is 14.9. The second-order valence-corrected chi connectivity index (χ2v) is 12.9. The minimum atomic E-state index is 0.0173. The molecule has 6 nitrogen and oxygen atoms in total. The maximum Gasteiger partial charge on any atom is 0.216 e. The van der Waals surface area contributed by atoms with E-state index in [2.05, 4.69) is 100.0 Å². The molecule has 0 aliphatic carbocycles. The SMILES string of the molecule is Cc1ccc(-c2c(C)ccc3c2oc2c(-c4nc(-c5ccccc5)nc(-c5ccc(C(C)(C)C)cc5)n4)c(C#N)ccc23)[n+](C)c1. The minimum Gasteiger partial charge on any atom is -0.454 e. The highest BCUT2D eigenvalue weighted by atomic mass is 16.3. The van der Waals surface area contributed by atoms with Gasteiger partial charge in [0, 0.05) is 33.5 Å². The normalized spacial score (nSPS) is 11.7. The summed E-state index contributed by atoms with van der Waals surface area (Å²) in [6.45, 7) is 10.8. The lowest BCUT2D eigenvalue weighted by Gasteiger charge is -2.19. The third-order valence-corrected chi connectivity index (χ3v) is 8.58. The van der Waals surface area contributed by atoms with Crippen LogP contribution in [0.15, 0.2) is 102 Å². The van der Waals surface area contributed by atoms with Gasteiger partial charge in [-0.1, -0.05) is 87.5 Å². The molecule has 224 valence electrons. The molecule has 3 heterocycles. The van der Waals surface area contributed by atoms with Crippen LogP contribution < -0.4 is 4.57 Å². The molecule has 0 unspecified atom stereocenters. The van der Waals surface area contributed by atoms with Crippen molar-refractivity contribution >= 4 is 21.9 Å². The number of furan rings is 1. The Morgan fingerprint density at radius 1 is 0.674 bits per heavy atom. The number of nitrogens with zero attached hydrogens (tertiary/aromatic N) is 5. The number of hydrogen-bond acceptors (Lipinski definition) is 5. The Balaban J connectivity index is 1.51. The van der Waals surface area contributed by atoms with E-state index in [1.165, 1.54) is 11.1 Å². The molecular formula is C40H34N5O+. The average molecular weight is 601 g/mol. The van der Waals surface area contributed by atoms with Crippen LogP contribution in [0.2, 0.25) is 0 Å². The van der Waals surface area contributed by atoms with Crippen LogP contribution in [0, 0.1) is 25.2 Å². The van der Waals surface area contributed by atoms with Gasteiger partial charge in [0.25, 0.3) is 0 Å². The molecule has 0 fully saturated rings. The number of benzene rings is 4. The highest BCUT2D eigenvalue weighted by molar-refractivity contribution is 6.13. The smallest absolute Gasteiger partial charge is 0.216 e. The molecule has 3 aromatic heterocycles. The molecule has 7 rings (SSSR count). The van der Waals surface area contributed by atoms with Gasteiger partial charge in [0.1, 0.15) is 24.3 Å². The highest BCUT2D eigenvalue weighted by Gasteiger charge is 2.25. The molecular weight excluding hydrogens is 566 g/mol. The van der Waals surface area contributed by atoms with Crippen molar-refractivity contribution in [3.05, 3.63) is 119 Å². The molecule has 0 bridgehead atoms. The van der Waals surface area contributed by atoms with Crippen LogP contribution in [0.5, 0.6) is 0 Å². The third kappa shape index (κ3) is 5.00. The van der Waals surface area contributed by atoms with Gasteiger partial charge in [-0.05, 0) is 48.6 Å². The van der Waals surface area contributed by atoms with Crippen LogP contribution in [-0.4, -0.2) is 15.0 Å². The number of rotatable bonds is 4. The summed E-state index contributed by atoms with van der Waals surface area (Å²) < 4.78 is 8.94. The fraction of sp³-hybridized carbons (Fsp3) is 0.175. The van der Waals surface area contributed by atoms with E-state index >= 15 is 0 Å². The molecule has 0 aliphatic heterocycles. The molecule has 6 heteroatoms. The van der Waals surface area contributed by atoms with Gasteiger partial charge in [-0.3, -0.25) is 0 Å². The Kier molecular flexibility index (Phi) is 6.98. The van der Waals surface area contributed by atoms with Crippen molar-refractivity contribution in [2.45, 2.75) is 40.0 Å². The van der Waals surface area contributed by atoms with Gasteiger partial charge in [-0.25, -0.2) is 19.5 Å². The van der Waals surface area contributed by atoms with Crippen molar-refractivity contribution in [3.63, 3.8) is 0 Å². The molecule has 46 heavy (non-hydrogen) atoms. The van der Waals surface area contributed by atoms with E-state index in [1.54, 1.807) is 0 Å². The first kappa shape index (κ1) is 29.1. The van der Waals surface area contributed by atoms with Crippen molar-refractivity contribution in [3.8, 4) is 51.5 Å². The van der Waals surface area contributed by atoms with E-state index in [4.69, 9.17) is 19.4 Å². The second kappa shape index (κ2) is 11.0. The molecule has 0 amide bonds. The summed E-state index contributed by atoms with van der Waals surface area (Å²) in [5, 5.41) is 12.2. The minimum absolute atomic E-state index is 0.0173. The fourth-order valence-corrected chi connectivity index (χ4v) is 6.09. The second-order valence-electron chi connectivity index (χ2n) is 12.9. The number of nitriles is 1. The van der Waals surface area contributed by atoms with E-state index in [1.807, 2.05) is 49.5 Å². The van der Waals surface area contributed by atoms with Crippen LogP contribution >= 0.6 is 0 Å². The van der Waals surface area contributed by atoms with Gasteiger partial charge < -0.3 is 4.42 Å². The summed E-state index contributed by atoms with van der Waals surface area (Å²) in [6, 6.07) is 32.8. The summed E-state index contributed by atoms with van der Waals surface area (Å²) in [7, 11) is 2.05. The Labute approximate surface area is 268 Å². The largest absolute Gasteiger partial charge is 0.454 e. The number of aromatic nitrogens is 4. The standard InChI is InChI=1S/C40H34N5O/c1-24-12-21-32(45(6)23-24)33-25(2)13-19-30-31-20-16-28(22-41)34(36(31)46-35(30)33)39-43-37(26-10-8-7-9-11-26)42-38(44-39)27-14-17-29(18-15-27)40(3,4)5/h7-21,23H,1-6H3/q+1. The molecule has 0 spiro atoms. The van der Waals surface area contributed by atoms with E-state index in [0.717, 1.165) is 44.3 Å². The lowest BCUT2D eigenvalue weighted by molar-refractivity contribution is -0.660.